The zero-order valence-corrected chi connectivity index (χ0v) is 9.99. The van der Waals surface area contributed by atoms with Gasteiger partial charge in [0.2, 0.25) is 11.6 Å². The molecule has 5 heteroatoms. The van der Waals surface area contributed by atoms with Crippen LogP contribution in [0.25, 0.3) is 0 Å². The topological polar surface area (TPSA) is 34.1 Å². The first kappa shape index (κ1) is 11.7. The zero-order chi connectivity index (χ0) is 10.7. The molecule has 1 aromatic carbocycles. The van der Waals surface area contributed by atoms with Gasteiger partial charge in [-0.15, -0.1) is 0 Å². The highest BCUT2D eigenvalue weighted by Crippen LogP contribution is 2.21. The third kappa shape index (κ3) is 2.56. The summed E-state index contributed by atoms with van der Waals surface area (Å²) in [6, 6.07) is 4.38. The number of ketones is 2. The van der Waals surface area contributed by atoms with Crippen LogP contribution < -0.4 is 0 Å². The number of benzene rings is 1. The fourth-order valence-electron chi connectivity index (χ4n) is 0.885. The Bertz CT molecular complexity index is 390. The van der Waals surface area contributed by atoms with Crippen molar-refractivity contribution in [3.63, 3.8) is 0 Å². The van der Waals surface area contributed by atoms with E-state index in [1.807, 2.05) is 0 Å². The van der Waals surface area contributed by atoms with Gasteiger partial charge in [-0.25, -0.2) is 0 Å². The van der Waals surface area contributed by atoms with Crippen LogP contribution in [-0.4, -0.2) is 16.9 Å². The lowest BCUT2D eigenvalue weighted by Crippen LogP contribution is -2.15. The predicted octanol–water partition coefficient (Wildman–Crippen LogP) is 3.14. The first-order valence-corrected chi connectivity index (χ1v) is 5.52. The summed E-state index contributed by atoms with van der Waals surface area (Å²) < 4.78 is 0. The van der Waals surface area contributed by atoms with Gasteiger partial charge in [0.15, 0.2) is 0 Å². The van der Waals surface area contributed by atoms with Gasteiger partial charge in [-0.05, 0) is 18.2 Å². The molecule has 0 heterocycles. The average Bonchev–Trinajstić information content (AvgIpc) is 2.15. The average molecular weight is 296 g/mol. The van der Waals surface area contributed by atoms with Crippen LogP contribution in [0.1, 0.15) is 10.4 Å². The van der Waals surface area contributed by atoms with Gasteiger partial charge in [0.25, 0.3) is 0 Å². The minimum absolute atomic E-state index is 0.00914. The van der Waals surface area contributed by atoms with Crippen molar-refractivity contribution in [1.29, 1.82) is 0 Å². The third-order valence-electron chi connectivity index (χ3n) is 1.55. The Kier molecular flexibility index (Phi) is 4.11. The molecule has 1 aromatic rings. The van der Waals surface area contributed by atoms with E-state index in [0.717, 1.165) is 0 Å². The van der Waals surface area contributed by atoms with E-state index in [-0.39, 0.29) is 15.9 Å². The van der Waals surface area contributed by atoms with Gasteiger partial charge in [-0.2, -0.15) is 0 Å². The van der Waals surface area contributed by atoms with Gasteiger partial charge in [0.05, 0.1) is 10.4 Å². The van der Waals surface area contributed by atoms with Crippen LogP contribution in [-0.2, 0) is 4.79 Å². The first-order valence-electron chi connectivity index (χ1n) is 3.65. The van der Waals surface area contributed by atoms with Crippen molar-refractivity contribution in [2.45, 2.75) is 0 Å². The lowest BCUT2D eigenvalue weighted by molar-refractivity contribution is -0.112. The van der Waals surface area contributed by atoms with Crippen molar-refractivity contribution in [2.24, 2.45) is 0 Å². The molecule has 0 fully saturated rings. The second-order valence-corrected chi connectivity index (χ2v) is 3.91. The molecule has 0 radical (unpaired) electrons. The van der Waals surface area contributed by atoms with E-state index >= 15 is 0 Å². The number of Topliss-reactive ketones (excluding diaryl/α,β-unsaturated/α-hetero) is 2. The van der Waals surface area contributed by atoms with Crippen molar-refractivity contribution in [1.82, 2.24) is 0 Å². The van der Waals surface area contributed by atoms with Gasteiger partial charge in [0, 0.05) is 10.6 Å². The number of rotatable bonds is 3. The molecule has 0 N–H and O–H groups in total. The van der Waals surface area contributed by atoms with E-state index in [4.69, 9.17) is 23.2 Å². The quantitative estimate of drug-likeness (QED) is 0.488. The molecule has 0 aliphatic rings. The maximum Gasteiger partial charge on any atom is 0.230 e. The molecule has 0 aliphatic heterocycles. The summed E-state index contributed by atoms with van der Waals surface area (Å²) in [5, 5.41) is 0.611. The van der Waals surface area contributed by atoms with Crippen LogP contribution in [0.3, 0.4) is 0 Å². The summed E-state index contributed by atoms with van der Waals surface area (Å²) >= 11 is 14.3. The van der Waals surface area contributed by atoms with Crippen LogP contribution in [0, 0.1) is 0 Å². The summed E-state index contributed by atoms with van der Waals surface area (Å²) in [6.45, 7) is 0. The summed E-state index contributed by atoms with van der Waals surface area (Å²) in [5.41, 5.74) is 0.181. The minimum Gasteiger partial charge on any atom is -0.290 e. The van der Waals surface area contributed by atoms with Crippen molar-refractivity contribution in [2.75, 3.05) is 5.33 Å². The zero-order valence-electron chi connectivity index (χ0n) is 6.89. The highest BCUT2D eigenvalue weighted by atomic mass is 79.9. The van der Waals surface area contributed by atoms with E-state index in [1.54, 1.807) is 0 Å². The second kappa shape index (κ2) is 4.91. The molecule has 0 spiro atoms. The molecular weight excluding hydrogens is 291 g/mol. The Morgan fingerprint density at radius 3 is 2.43 bits per heavy atom. The number of carbonyl (C=O) groups excluding carboxylic acids is 2. The number of hydrogen-bond acceptors (Lipinski definition) is 2. The van der Waals surface area contributed by atoms with E-state index in [0.29, 0.717) is 5.02 Å². The van der Waals surface area contributed by atoms with E-state index in [1.165, 1.54) is 18.2 Å². The van der Waals surface area contributed by atoms with Crippen molar-refractivity contribution < 1.29 is 9.59 Å². The standard InChI is InChI=1S/C9H5BrCl2O2/c10-4-8(13)9(14)6-2-1-5(11)3-7(6)12/h1-3H,4H2. The normalized spacial score (nSPS) is 9.93. The maximum absolute atomic E-state index is 11.4. The Balaban J connectivity index is 3.08. The van der Waals surface area contributed by atoms with Gasteiger partial charge >= 0.3 is 0 Å². The van der Waals surface area contributed by atoms with Crippen LogP contribution >= 0.6 is 39.1 Å². The summed E-state index contributed by atoms with van der Waals surface area (Å²) in [5.74, 6) is -1.14. The highest BCUT2D eigenvalue weighted by molar-refractivity contribution is 9.09. The molecule has 14 heavy (non-hydrogen) atoms. The number of carbonyl (C=O) groups is 2. The molecule has 0 aliphatic carbocycles. The summed E-state index contributed by atoms with van der Waals surface area (Å²) in [7, 11) is 0. The number of alkyl halides is 1. The first-order chi connectivity index (χ1) is 6.56. The Labute approximate surface area is 99.3 Å². The summed E-state index contributed by atoms with van der Waals surface area (Å²) in [4.78, 5) is 22.5. The Morgan fingerprint density at radius 1 is 1.29 bits per heavy atom. The highest BCUT2D eigenvalue weighted by Gasteiger charge is 2.17. The van der Waals surface area contributed by atoms with Crippen molar-refractivity contribution in [3.8, 4) is 0 Å². The molecule has 0 saturated heterocycles. The third-order valence-corrected chi connectivity index (χ3v) is 2.61. The van der Waals surface area contributed by atoms with Crippen LogP contribution in [0.5, 0.6) is 0 Å². The van der Waals surface area contributed by atoms with Crippen LogP contribution in [0.4, 0.5) is 0 Å². The molecule has 74 valence electrons. The SMILES string of the molecule is O=C(CBr)C(=O)c1ccc(Cl)cc1Cl. The lowest BCUT2D eigenvalue weighted by Gasteiger charge is -2.01. The molecule has 0 atom stereocenters. The Morgan fingerprint density at radius 2 is 1.93 bits per heavy atom. The van der Waals surface area contributed by atoms with Crippen molar-refractivity contribution >= 4 is 50.7 Å². The molecule has 1 rings (SSSR count). The van der Waals surface area contributed by atoms with Crippen molar-refractivity contribution in [3.05, 3.63) is 33.8 Å². The van der Waals surface area contributed by atoms with Crippen LogP contribution in [0.15, 0.2) is 18.2 Å². The molecule has 0 aromatic heterocycles. The van der Waals surface area contributed by atoms with E-state index in [9.17, 15) is 9.59 Å². The second-order valence-electron chi connectivity index (χ2n) is 2.51. The van der Waals surface area contributed by atoms with Gasteiger partial charge in [0.1, 0.15) is 0 Å². The fraction of sp³-hybridized carbons (Fsp3) is 0.111. The monoisotopic (exact) mass is 294 g/mol. The van der Waals surface area contributed by atoms with Gasteiger partial charge in [-0.1, -0.05) is 39.1 Å². The fourth-order valence-corrected chi connectivity index (χ4v) is 1.63. The minimum atomic E-state index is -0.608. The summed E-state index contributed by atoms with van der Waals surface area (Å²) in [6.07, 6.45) is 0. The number of halogens is 3. The molecule has 0 amide bonds. The van der Waals surface area contributed by atoms with Crippen LogP contribution in [0.2, 0.25) is 10.0 Å². The molecular formula is C9H5BrCl2O2. The lowest BCUT2D eigenvalue weighted by atomic mass is 10.1. The molecule has 0 unspecified atom stereocenters. The smallest absolute Gasteiger partial charge is 0.230 e. The molecule has 0 bridgehead atoms. The molecule has 2 nitrogen and oxygen atoms in total. The maximum atomic E-state index is 11.4. The van der Waals surface area contributed by atoms with Gasteiger partial charge in [-0.3, -0.25) is 9.59 Å². The predicted molar refractivity (Wildman–Crippen MR) is 59.6 cm³/mol. The largest absolute Gasteiger partial charge is 0.290 e. The number of hydrogen-bond donors (Lipinski definition) is 0. The Hall–Kier alpha value is -0.380. The van der Waals surface area contributed by atoms with E-state index in [2.05, 4.69) is 15.9 Å². The van der Waals surface area contributed by atoms with E-state index < -0.39 is 11.6 Å². The molecule has 0 saturated carbocycles. The van der Waals surface area contributed by atoms with Gasteiger partial charge < -0.3 is 0 Å².